The van der Waals surface area contributed by atoms with Crippen LogP contribution in [0.4, 0.5) is 0 Å². The summed E-state index contributed by atoms with van der Waals surface area (Å²) < 4.78 is 0. The third kappa shape index (κ3) is 6.49. The van der Waals surface area contributed by atoms with Crippen molar-refractivity contribution in [1.29, 1.82) is 0 Å². The first-order chi connectivity index (χ1) is 11.6. The Balaban J connectivity index is 1.90. The van der Waals surface area contributed by atoms with E-state index in [2.05, 4.69) is 60.8 Å². The van der Waals surface area contributed by atoms with Crippen LogP contribution >= 0.6 is 0 Å². The van der Waals surface area contributed by atoms with E-state index in [-0.39, 0.29) is 6.10 Å². The molecule has 24 heavy (non-hydrogen) atoms. The van der Waals surface area contributed by atoms with E-state index in [1.165, 1.54) is 11.1 Å². The van der Waals surface area contributed by atoms with E-state index < -0.39 is 0 Å². The van der Waals surface area contributed by atoms with Crippen LogP contribution in [0.5, 0.6) is 0 Å². The van der Waals surface area contributed by atoms with Crippen LogP contribution in [0.25, 0.3) is 0 Å². The van der Waals surface area contributed by atoms with Gasteiger partial charge in [0.25, 0.3) is 0 Å². The summed E-state index contributed by atoms with van der Waals surface area (Å²) in [4.78, 5) is 6.88. The third-order valence-electron chi connectivity index (χ3n) is 4.32. The predicted octanol–water partition coefficient (Wildman–Crippen LogP) is 2.11. The highest BCUT2D eigenvalue weighted by Crippen LogP contribution is 2.18. The van der Waals surface area contributed by atoms with Gasteiger partial charge in [-0.25, -0.2) is 4.99 Å². The Hall–Kier alpha value is -1.59. The maximum Gasteiger partial charge on any atom is 0.191 e. The van der Waals surface area contributed by atoms with Crippen molar-refractivity contribution in [3.05, 3.63) is 35.4 Å². The summed E-state index contributed by atoms with van der Waals surface area (Å²) in [6.07, 6.45) is 3.65. The van der Waals surface area contributed by atoms with Gasteiger partial charge in [-0.05, 0) is 57.8 Å². The van der Waals surface area contributed by atoms with Gasteiger partial charge in [0.1, 0.15) is 0 Å². The molecule has 0 spiro atoms. The highest BCUT2D eigenvalue weighted by molar-refractivity contribution is 5.80. The summed E-state index contributed by atoms with van der Waals surface area (Å²) >= 11 is 0. The summed E-state index contributed by atoms with van der Waals surface area (Å²) in [5, 5.41) is 16.4. The molecule has 134 valence electrons. The van der Waals surface area contributed by atoms with Gasteiger partial charge in [-0.3, -0.25) is 0 Å². The molecule has 1 fully saturated rings. The molecular formula is C19H32N4O. The molecule has 1 aromatic carbocycles. The van der Waals surface area contributed by atoms with Gasteiger partial charge in [0.15, 0.2) is 5.96 Å². The van der Waals surface area contributed by atoms with E-state index >= 15 is 0 Å². The predicted molar refractivity (Wildman–Crippen MR) is 100 cm³/mol. The molecule has 1 aromatic rings. The molecule has 0 amide bonds. The van der Waals surface area contributed by atoms with Crippen molar-refractivity contribution >= 4 is 5.96 Å². The Kier molecular flexibility index (Phi) is 7.53. The first-order valence-corrected chi connectivity index (χ1v) is 9.02. The van der Waals surface area contributed by atoms with Gasteiger partial charge in [0.05, 0.1) is 12.6 Å². The fraction of sp³-hybridized carbons (Fsp3) is 0.632. The second-order valence-electron chi connectivity index (χ2n) is 6.90. The molecule has 0 aromatic heterocycles. The zero-order chi connectivity index (χ0) is 17.4. The second kappa shape index (κ2) is 9.64. The molecule has 0 heterocycles. The van der Waals surface area contributed by atoms with E-state index in [1.54, 1.807) is 0 Å². The van der Waals surface area contributed by atoms with Crippen LogP contribution in [0.1, 0.15) is 43.7 Å². The molecule has 5 nitrogen and oxygen atoms in total. The highest BCUT2D eigenvalue weighted by atomic mass is 16.3. The van der Waals surface area contributed by atoms with Crippen LogP contribution < -0.4 is 10.6 Å². The molecule has 0 unspecified atom stereocenters. The number of rotatable bonds is 6. The number of aliphatic hydroxyl groups excluding tert-OH is 1. The first kappa shape index (κ1) is 18.7. The molecule has 2 rings (SSSR count). The molecule has 1 aliphatic rings. The zero-order valence-corrected chi connectivity index (χ0v) is 15.3. The number of benzene rings is 1. The Morgan fingerprint density at radius 1 is 1.12 bits per heavy atom. The maximum absolute atomic E-state index is 9.62. The molecule has 0 atom stereocenters. The molecule has 1 saturated carbocycles. The third-order valence-corrected chi connectivity index (χ3v) is 4.32. The lowest BCUT2D eigenvalue weighted by molar-refractivity contribution is 0.120. The second-order valence-corrected chi connectivity index (χ2v) is 6.90. The van der Waals surface area contributed by atoms with Crippen LogP contribution in [0, 0.1) is 0 Å². The lowest BCUT2D eigenvalue weighted by Crippen LogP contribution is -2.45. The van der Waals surface area contributed by atoms with Gasteiger partial charge in [-0.1, -0.05) is 24.3 Å². The van der Waals surface area contributed by atoms with E-state index in [9.17, 15) is 5.11 Å². The van der Waals surface area contributed by atoms with Crippen molar-refractivity contribution in [1.82, 2.24) is 15.5 Å². The standard InChI is InChI=1S/C19H32N4O/c1-4-20-19(22-17-9-11-18(24)12-10-17)21-13-15-5-7-16(8-6-15)14-23(2)3/h5-8,17-18,24H,4,9-14H2,1-3H3,(H2,20,21,22). The SMILES string of the molecule is CCNC(=NCc1ccc(CN(C)C)cc1)NC1CCC(O)CC1. The van der Waals surface area contributed by atoms with Crippen LogP contribution in [0.2, 0.25) is 0 Å². The molecule has 0 saturated heterocycles. The topological polar surface area (TPSA) is 59.9 Å². The molecule has 0 bridgehead atoms. The number of hydrogen-bond acceptors (Lipinski definition) is 3. The molecule has 5 heteroatoms. The fourth-order valence-corrected chi connectivity index (χ4v) is 3.02. The lowest BCUT2D eigenvalue weighted by Gasteiger charge is -2.27. The largest absolute Gasteiger partial charge is 0.393 e. The quantitative estimate of drug-likeness (QED) is 0.552. The molecular weight excluding hydrogens is 300 g/mol. The normalized spacial score (nSPS) is 21.8. The smallest absolute Gasteiger partial charge is 0.191 e. The van der Waals surface area contributed by atoms with Gasteiger partial charge < -0.3 is 20.6 Å². The Morgan fingerprint density at radius 3 is 2.33 bits per heavy atom. The molecule has 0 radical (unpaired) electrons. The Labute approximate surface area is 146 Å². The minimum Gasteiger partial charge on any atom is -0.393 e. The van der Waals surface area contributed by atoms with Crippen molar-refractivity contribution in [2.75, 3.05) is 20.6 Å². The Bertz CT molecular complexity index is 505. The van der Waals surface area contributed by atoms with Crippen LogP contribution in [-0.4, -0.2) is 48.8 Å². The minimum atomic E-state index is -0.122. The van der Waals surface area contributed by atoms with E-state index in [0.29, 0.717) is 12.6 Å². The number of nitrogens with one attached hydrogen (secondary N) is 2. The van der Waals surface area contributed by atoms with Gasteiger partial charge >= 0.3 is 0 Å². The maximum atomic E-state index is 9.62. The van der Waals surface area contributed by atoms with Gasteiger partial charge in [-0.2, -0.15) is 0 Å². The Morgan fingerprint density at radius 2 is 1.75 bits per heavy atom. The zero-order valence-electron chi connectivity index (χ0n) is 15.3. The van der Waals surface area contributed by atoms with E-state index in [4.69, 9.17) is 4.99 Å². The van der Waals surface area contributed by atoms with Crippen molar-refractivity contribution in [2.45, 2.75) is 57.8 Å². The molecule has 1 aliphatic carbocycles. The summed E-state index contributed by atoms with van der Waals surface area (Å²) in [6, 6.07) is 9.07. The number of aliphatic imine (C=N–C) groups is 1. The first-order valence-electron chi connectivity index (χ1n) is 9.02. The number of guanidine groups is 1. The number of aliphatic hydroxyl groups is 1. The lowest BCUT2D eigenvalue weighted by atomic mass is 9.93. The summed E-state index contributed by atoms with van der Waals surface area (Å²) in [7, 11) is 4.16. The number of nitrogens with zero attached hydrogens (tertiary/aromatic N) is 2. The van der Waals surface area contributed by atoms with Crippen LogP contribution in [0.15, 0.2) is 29.3 Å². The highest BCUT2D eigenvalue weighted by Gasteiger charge is 2.19. The average Bonchev–Trinajstić information content (AvgIpc) is 2.56. The summed E-state index contributed by atoms with van der Waals surface area (Å²) in [5.74, 6) is 0.872. The van der Waals surface area contributed by atoms with E-state index in [1.807, 2.05) is 0 Å². The fourth-order valence-electron chi connectivity index (χ4n) is 3.02. The molecule has 0 aliphatic heterocycles. The average molecular weight is 332 g/mol. The molecule has 3 N–H and O–H groups in total. The van der Waals surface area contributed by atoms with Crippen molar-refractivity contribution in [3.8, 4) is 0 Å². The van der Waals surface area contributed by atoms with Gasteiger partial charge in [0.2, 0.25) is 0 Å². The van der Waals surface area contributed by atoms with E-state index in [0.717, 1.165) is 44.7 Å². The minimum absolute atomic E-state index is 0.122. The van der Waals surface area contributed by atoms with Gasteiger partial charge in [-0.15, -0.1) is 0 Å². The van der Waals surface area contributed by atoms with Crippen LogP contribution in [-0.2, 0) is 13.1 Å². The monoisotopic (exact) mass is 332 g/mol. The summed E-state index contributed by atoms with van der Waals surface area (Å²) in [6.45, 7) is 4.56. The summed E-state index contributed by atoms with van der Waals surface area (Å²) in [5.41, 5.74) is 2.53. The van der Waals surface area contributed by atoms with Crippen LogP contribution in [0.3, 0.4) is 0 Å². The number of hydrogen-bond donors (Lipinski definition) is 3. The van der Waals surface area contributed by atoms with Crippen molar-refractivity contribution in [3.63, 3.8) is 0 Å². The van der Waals surface area contributed by atoms with Gasteiger partial charge in [0, 0.05) is 19.1 Å². The van der Waals surface area contributed by atoms with Crippen molar-refractivity contribution < 1.29 is 5.11 Å². The van der Waals surface area contributed by atoms with Crippen molar-refractivity contribution in [2.24, 2.45) is 4.99 Å².